The summed E-state index contributed by atoms with van der Waals surface area (Å²) in [6.07, 6.45) is 3.41. The number of carbonyl (C=O) groups excluding carboxylic acids is 1. The number of carbonyl (C=O) groups is 1. The van der Waals surface area contributed by atoms with E-state index in [1.165, 1.54) is 27.9 Å². The monoisotopic (exact) mass is 441 g/mol. The van der Waals surface area contributed by atoms with Gasteiger partial charge in [0.2, 0.25) is 10.0 Å². The molecule has 1 N–H and O–H groups in total. The van der Waals surface area contributed by atoms with Crippen molar-refractivity contribution < 1.29 is 13.2 Å². The number of fused-ring (bicyclic) bond motifs is 1. The molecule has 4 rings (SSSR count). The summed E-state index contributed by atoms with van der Waals surface area (Å²) >= 11 is 0. The first kappa shape index (κ1) is 22.0. The van der Waals surface area contributed by atoms with E-state index in [-0.39, 0.29) is 16.8 Å². The molecule has 1 atom stereocenters. The highest BCUT2D eigenvalue weighted by Gasteiger charge is 2.28. The van der Waals surface area contributed by atoms with Crippen LogP contribution < -0.4 is 5.32 Å². The smallest absolute Gasteiger partial charge is 0.252 e. The van der Waals surface area contributed by atoms with Crippen LogP contribution in [-0.2, 0) is 22.9 Å². The van der Waals surface area contributed by atoms with Gasteiger partial charge in [-0.15, -0.1) is 0 Å². The average molecular weight is 442 g/mol. The Morgan fingerprint density at radius 3 is 2.45 bits per heavy atom. The summed E-state index contributed by atoms with van der Waals surface area (Å²) in [4.78, 5) is 15.3. The maximum absolute atomic E-state index is 13.1. The molecule has 1 saturated heterocycles. The third kappa shape index (κ3) is 4.54. The van der Waals surface area contributed by atoms with Crippen LogP contribution in [0.3, 0.4) is 0 Å². The number of rotatable bonds is 5. The van der Waals surface area contributed by atoms with Gasteiger partial charge in [-0.05, 0) is 74.5 Å². The summed E-state index contributed by atoms with van der Waals surface area (Å²) in [5.74, 6) is -0.249. The van der Waals surface area contributed by atoms with E-state index in [4.69, 9.17) is 0 Å². The molecule has 31 heavy (non-hydrogen) atoms. The number of hydrogen-bond acceptors (Lipinski definition) is 4. The summed E-state index contributed by atoms with van der Waals surface area (Å²) in [7, 11) is -1.63. The number of likely N-dealkylation sites (N-methyl/N-ethyl adjacent to an activating group) is 1. The molecule has 0 saturated carbocycles. The quantitative estimate of drug-likeness (QED) is 0.775. The average Bonchev–Trinajstić information content (AvgIpc) is 3.22. The first-order chi connectivity index (χ1) is 14.8. The normalized spacial score (nSPS) is 18.5. The number of piperazine rings is 1. The van der Waals surface area contributed by atoms with Crippen molar-refractivity contribution in [2.75, 3.05) is 33.2 Å². The summed E-state index contributed by atoms with van der Waals surface area (Å²) in [6, 6.07) is 11.1. The number of hydrogen-bond donors (Lipinski definition) is 1. The second-order valence-electron chi connectivity index (χ2n) is 8.76. The van der Waals surface area contributed by atoms with Gasteiger partial charge in [-0.25, -0.2) is 8.42 Å². The Balaban J connectivity index is 1.53. The standard InChI is InChI=1S/C24H31N3O3S/c1-17-7-10-22(31(29,30)27-13-11-26(3)12-14-27)16-23(17)24(28)25-18(2)20-9-8-19-5-4-6-21(19)15-20/h7-10,15-16,18H,4-6,11-14H2,1-3H3,(H,25,28)/t18-/m0/s1. The first-order valence-electron chi connectivity index (χ1n) is 11.0. The number of nitrogens with zero attached hydrogens (tertiary/aromatic N) is 2. The van der Waals surface area contributed by atoms with Crippen molar-refractivity contribution in [1.29, 1.82) is 0 Å². The minimum absolute atomic E-state index is 0.157. The third-order valence-electron chi connectivity index (χ3n) is 6.52. The molecular formula is C24H31N3O3S. The van der Waals surface area contributed by atoms with Crippen molar-refractivity contribution in [3.63, 3.8) is 0 Å². The summed E-state index contributed by atoms with van der Waals surface area (Å²) in [5.41, 5.74) is 5.02. The van der Waals surface area contributed by atoms with Gasteiger partial charge in [-0.3, -0.25) is 4.79 Å². The number of nitrogens with one attached hydrogen (secondary N) is 1. The highest BCUT2D eigenvalue weighted by molar-refractivity contribution is 7.89. The molecule has 0 bridgehead atoms. The van der Waals surface area contributed by atoms with Crippen molar-refractivity contribution in [3.8, 4) is 0 Å². The Hall–Kier alpha value is -2.22. The molecule has 0 radical (unpaired) electrons. The highest BCUT2D eigenvalue weighted by Crippen LogP contribution is 2.26. The van der Waals surface area contributed by atoms with Gasteiger partial charge in [-0.2, -0.15) is 4.31 Å². The minimum atomic E-state index is -3.62. The number of benzene rings is 2. The molecule has 1 fully saturated rings. The molecule has 2 aromatic rings. The van der Waals surface area contributed by atoms with Crippen LogP contribution in [0.1, 0.15) is 52.0 Å². The van der Waals surface area contributed by atoms with Crippen LogP contribution in [0.2, 0.25) is 0 Å². The number of aryl methyl sites for hydroxylation is 3. The Morgan fingerprint density at radius 1 is 1.00 bits per heavy atom. The Morgan fingerprint density at radius 2 is 1.71 bits per heavy atom. The van der Waals surface area contributed by atoms with Crippen molar-refractivity contribution in [1.82, 2.24) is 14.5 Å². The van der Waals surface area contributed by atoms with E-state index in [2.05, 4.69) is 28.4 Å². The van der Waals surface area contributed by atoms with E-state index in [0.29, 0.717) is 31.7 Å². The fraction of sp³-hybridized carbons (Fsp3) is 0.458. The molecule has 2 aliphatic rings. The Bertz CT molecular complexity index is 1090. The maximum Gasteiger partial charge on any atom is 0.252 e. The van der Waals surface area contributed by atoms with Gasteiger partial charge in [0, 0.05) is 31.7 Å². The summed E-state index contributed by atoms with van der Waals surface area (Å²) < 4.78 is 27.7. The summed E-state index contributed by atoms with van der Waals surface area (Å²) in [6.45, 7) is 6.14. The van der Waals surface area contributed by atoms with Gasteiger partial charge in [0.15, 0.2) is 0 Å². The fourth-order valence-electron chi connectivity index (χ4n) is 4.40. The molecule has 0 spiro atoms. The SMILES string of the molecule is Cc1ccc(S(=O)(=O)N2CCN(C)CC2)cc1C(=O)N[C@@H](C)c1ccc2c(c1)CCC2. The van der Waals surface area contributed by atoms with Crippen LogP contribution in [-0.4, -0.2) is 56.8 Å². The molecule has 0 unspecified atom stereocenters. The molecule has 1 heterocycles. The van der Waals surface area contributed by atoms with Crippen LogP contribution in [0.25, 0.3) is 0 Å². The summed E-state index contributed by atoms with van der Waals surface area (Å²) in [5, 5.41) is 3.05. The van der Waals surface area contributed by atoms with Gasteiger partial charge in [0.1, 0.15) is 0 Å². The lowest BCUT2D eigenvalue weighted by atomic mass is 10.0. The first-order valence-corrected chi connectivity index (χ1v) is 12.4. The van der Waals surface area contributed by atoms with Crippen molar-refractivity contribution in [3.05, 3.63) is 64.2 Å². The van der Waals surface area contributed by atoms with E-state index in [1.807, 2.05) is 20.9 Å². The second kappa shape index (κ2) is 8.73. The van der Waals surface area contributed by atoms with Gasteiger partial charge in [0.05, 0.1) is 10.9 Å². The molecule has 2 aromatic carbocycles. The van der Waals surface area contributed by atoms with E-state index in [0.717, 1.165) is 24.0 Å². The van der Waals surface area contributed by atoms with Crippen molar-refractivity contribution >= 4 is 15.9 Å². The lowest BCUT2D eigenvalue weighted by Crippen LogP contribution is -2.47. The van der Waals surface area contributed by atoms with Gasteiger partial charge in [0.25, 0.3) is 5.91 Å². The van der Waals surface area contributed by atoms with Gasteiger partial charge < -0.3 is 10.2 Å². The lowest BCUT2D eigenvalue weighted by molar-refractivity contribution is 0.0939. The van der Waals surface area contributed by atoms with Crippen LogP contribution >= 0.6 is 0 Å². The second-order valence-corrected chi connectivity index (χ2v) is 10.7. The van der Waals surface area contributed by atoms with Crippen LogP contribution in [0, 0.1) is 6.92 Å². The van der Waals surface area contributed by atoms with E-state index >= 15 is 0 Å². The fourth-order valence-corrected chi connectivity index (χ4v) is 5.85. The zero-order chi connectivity index (χ0) is 22.2. The lowest BCUT2D eigenvalue weighted by Gasteiger charge is -2.31. The predicted molar refractivity (Wildman–Crippen MR) is 122 cm³/mol. The predicted octanol–water partition coefficient (Wildman–Crippen LogP) is 2.91. The molecule has 1 aliphatic heterocycles. The third-order valence-corrected chi connectivity index (χ3v) is 8.42. The molecule has 166 valence electrons. The molecule has 7 heteroatoms. The largest absolute Gasteiger partial charge is 0.346 e. The molecular weight excluding hydrogens is 410 g/mol. The van der Waals surface area contributed by atoms with Gasteiger partial charge in [-0.1, -0.05) is 24.3 Å². The number of sulfonamides is 1. The van der Waals surface area contributed by atoms with Crippen LogP contribution in [0.5, 0.6) is 0 Å². The van der Waals surface area contributed by atoms with Crippen LogP contribution in [0.15, 0.2) is 41.3 Å². The topological polar surface area (TPSA) is 69.7 Å². The molecule has 1 aliphatic carbocycles. The van der Waals surface area contributed by atoms with Gasteiger partial charge >= 0.3 is 0 Å². The van der Waals surface area contributed by atoms with Crippen molar-refractivity contribution in [2.24, 2.45) is 0 Å². The maximum atomic E-state index is 13.1. The minimum Gasteiger partial charge on any atom is -0.346 e. The molecule has 1 amide bonds. The van der Waals surface area contributed by atoms with Crippen LogP contribution in [0.4, 0.5) is 0 Å². The molecule has 0 aromatic heterocycles. The number of amides is 1. The zero-order valence-corrected chi connectivity index (χ0v) is 19.3. The van der Waals surface area contributed by atoms with Crippen molar-refractivity contribution in [2.45, 2.75) is 44.0 Å². The van der Waals surface area contributed by atoms with E-state index in [1.54, 1.807) is 12.1 Å². The van der Waals surface area contributed by atoms with E-state index < -0.39 is 10.0 Å². The molecule has 6 nitrogen and oxygen atoms in total. The Labute approximate surface area is 185 Å². The highest BCUT2D eigenvalue weighted by atomic mass is 32.2. The Kier molecular flexibility index (Phi) is 6.19. The zero-order valence-electron chi connectivity index (χ0n) is 18.5. The van der Waals surface area contributed by atoms with E-state index in [9.17, 15) is 13.2 Å².